The highest BCUT2D eigenvalue weighted by Gasteiger charge is 1.89. The highest BCUT2D eigenvalue weighted by atomic mass is 14.8. The Bertz CT molecular complexity index is 446. The summed E-state index contributed by atoms with van der Waals surface area (Å²) in [6, 6.07) is 4.01. The molecule has 0 atom stereocenters. The molecule has 0 aliphatic rings. The monoisotopic (exact) mass is 197 g/mol. The molecule has 3 nitrogen and oxygen atoms in total. The number of pyridine rings is 1. The lowest BCUT2D eigenvalue weighted by molar-refractivity contribution is 1.18. The van der Waals surface area contributed by atoms with Crippen LogP contribution in [0.5, 0.6) is 0 Å². The Labute approximate surface area is 88.6 Å². The van der Waals surface area contributed by atoms with Gasteiger partial charge in [0.15, 0.2) is 0 Å². The second-order valence-corrected chi connectivity index (χ2v) is 3.22. The first kappa shape index (κ1) is 9.52. The van der Waals surface area contributed by atoms with E-state index in [0.717, 1.165) is 17.0 Å². The van der Waals surface area contributed by atoms with Gasteiger partial charge in [-0.2, -0.15) is 0 Å². The summed E-state index contributed by atoms with van der Waals surface area (Å²) in [6.07, 6.45) is 10.7. The van der Waals surface area contributed by atoms with Crippen LogP contribution in [0.15, 0.2) is 36.9 Å². The molecule has 0 saturated carbocycles. The molecular weight excluding hydrogens is 186 g/mol. The Kier molecular flexibility index (Phi) is 2.83. The predicted octanol–water partition coefficient (Wildman–Crippen LogP) is 2.35. The van der Waals surface area contributed by atoms with Crippen LogP contribution in [0.3, 0.4) is 0 Å². The molecule has 0 amide bonds. The summed E-state index contributed by atoms with van der Waals surface area (Å²) in [4.78, 5) is 12.4. The van der Waals surface area contributed by atoms with Gasteiger partial charge >= 0.3 is 0 Å². The maximum absolute atomic E-state index is 4.26. The van der Waals surface area contributed by atoms with Gasteiger partial charge in [0.2, 0.25) is 0 Å². The summed E-state index contributed by atoms with van der Waals surface area (Å²) in [6.45, 7) is 2.02. The third-order valence-corrected chi connectivity index (χ3v) is 1.94. The Morgan fingerprint density at radius 2 is 1.80 bits per heavy atom. The third kappa shape index (κ3) is 2.71. The summed E-state index contributed by atoms with van der Waals surface area (Å²) >= 11 is 0. The van der Waals surface area contributed by atoms with Crippen LogP contribution < -0.4 is 0 Å². The lowest BCUT2D eigenvalue weighted by atomic mass is 10.2. The van der Waals surface area contributed by atoms with E-state index in [2.05, 4.69) is 15.0 Å². The summed E-state index contributed by atoms with van der Waals surface area (Å²) in [5.74, 6) is 0. The van der Waals surface area contributed by atoms with Crippen molar-refractivity contribution in [3.63, 3.8) is 0 Å². The van der Waals surface area contributed by atoms with E-state index in [-0.39, 0.29) is 0 Å². The van der Waals surface area contributed by atoms with E-state index < -0.39 is 0 Å². The van der Waals surface area contributed by atoms with E-state index in [9.17, 15) is 0 Å². The summed E-state index contributed by atoms with van der Waals surface area (Å²) in [5, 5.41) is 0. The standard InChI is InChI=1S/C12H11N3/c1-10-2-3-11(15-8-10)4-5-12-9-13-6-7-14-12/h2-9H,1H3. The lowest BCUT2D eigenvalue weighted by Gasteiger charge is -1.93. The van der Waals surface area contributed by atoms with Crippen molar-refractivity contribution in [2.24, 2.45) is 0 Å². The van der Waals surface area contributed by atoms with E-state index in [0.29, 0.717) is 0 Å². The summed E-state index contributed by atoms with van der Waals surface area (Å²) in [5.41, 5.74) is 2.91. The highest BCUT2D eigenvalue weighted by molar-refractivity contribution is 5.65. The van der Waals surface area contributed by atoms with Crippen molar-refractivity contribution in [3.05, 3.63) is 53.9 Å². The number of nitrogens with zero attached hydrogens (tertiary/aromatic N) is 3. The number of hydrogen-bond donors (Lipinski definition) is 0. The zero-order valence-corrected chi connectivity index (χ0v) is 8.46. The van der Waals surface area contributed by atoms with Gasteiger partial charge in [0.05, 0.1) is 17.6 Å². The summed E-state index contributed by atoms with van der Waals surface area (Å²) < 4.78 is 0. The Morgan fingerprint density at radius 1 is 0.933 bits per heavy atom. The van der Waals surface area contributed by atoms with E-state index in [4.69, 9.17) is 0 Å². The number of hydrogen-bond acceptors (Lipinski definition) is 3. The fraction of sp³-hybridized carbons (Fsp3) is 0.0833. The smallest absolute Gasteiger partial charge is 0.0813 e. The molecule has 0 aromatic carbocycles. The van der Waals surface area contributed by atoms with Gasteiger partial charge in [-0.3, -0.25) is 15.0 Å². The van der Waals surface area contributed by atoms with Crippen molar-refractivity contribution in [2.45, 2.75) is 6.92 Å². The van der Waals surface area contributed by atoms with Crippen LogP contribution >= 0.6 is 0 Å². The lowest BCUT2D eigenvalue weighted by Crippen LogP contribution is -1.82. The van der Waals surface area contributed by atoms with Crippen LogP contribution in [-0.2, 0) is 0 Å². The number of aryl methyl sites for hydroxylation is 1. The molecule has 3 heteroatoms. The molecule has 0 aliphatic carbocycles. The average Bonchev–Trinajstić information content (AvgIpc) is 2.30. The minimum atomic E-state index is 0.833. The molecule has 2 aromatic heterocycles. The van der Waals surface area contributed by atoms with Crippen molar-refractivity contribution < 1.29 is 0 Å². The highest BCUT2D eigenvalue weighted by Crippen LogP contribution is 2.03. The quantitative estimate of drug-likeness (QED) is 0.741. The van der Waals surface area contributed by atoms with Gasteiger partial charge in [0.25, 0.3) is 0 Å². The normalized spacial score (nSPS) is 10.7. The molecular formula is C12H11N3. The fourth-order valence-electron chi connectivity index (χ4n) is 1.15. The van der Waals surface area contributed by atoms with Crippen LogP contribution in [-0.4, -0.2) is 15.0 Å². The first-order chi connectivity index (χ1) is 7.34. The van der Waals surface area contributed by atoms with Gasteiger partial charge < -0.3 is 0 Å². The van der Waals surface area contributed by atoms with Crippen molar-refractivity contribution in [2.75, 3.05) is 0 Å². The molecule has 0 aliphatic heterocycles. The molecule has 0 unspecified atom stereocenters. The molecule has 2 aromatic rings. The van der Waals surface area contributed by atoms with Gasteiger partial charge in [-0.15, -0.1) is 0 Å². The van der Waals surface area contributed by atoms with Crippen molar-refractivity contribution in [1.29, 1.82) is 0 Å². The van der Waals surface area contributed by atoms with Gasteiger partial charge in [-0.25, -0.2) is 0 Å². The maximum Gasteiger partial charge on any atom is 0.0813 e. The fourth-order valence-corrected chi connectivity index (χ4v) is 1.15. The molecule has 0 radical (unpaired) electrons. The van der Waals surface area contributed by atoms with Crippen LogP contribution in [0.25, 0.3) is 12.2 Å². The molecule has 2 rings (SSSR count). The molecule has 2 heterocycles. The number of rotatable bonds is 2. The van der Waals surface area contributed by atoms with Crippen LogP contribution in [0, 0.1) is 6.92 Å². The second kappa shape index (κ2) is 4.46. The van der Waals surface area contributed by atoms with Gasteiger partial charge in [-0.1, -0.05) is 6.07 Å². The van der Waals surface area contributed by atoms with Crippen LogP contribution in [0.2, 0.25) is 0 Å². The van der Waals surface area contributed by atoms with Crippen molar-refractivity contribution in [1.82, 2.24) is 15.0 Å². The van der Waals surface area contributed by atoms with Gasteiger partial charge in [0, 0.05) is 18.6 Å². The van der Waals surface area contributed by atoms with Crippen molar-refractivity contribution >= 4 is 12.2 Å². The molecule has 74 valence electrons. The molecule has 0 N–H and O–H groups in total. The predicted molar refractivity (Wildman–Crippen MR) is 59.9 cm³/mol. The molecule has 0 spiro atoms. The van der Waals surface area contributed by atoms with E-state index in [1.165, 1.54) is 0 Å². The van der Waals surface area contributed by atoms with Crippen molar-refractivity contribution in [3.8, 4) is 0 Å². The number of aromatic nitrogens is 3. The van der Waals surface area contributed by atoms with E-state index in [1.54, 1.807) is 18.6 Å². The van der Waals surface area contributed by atoms with E-state index >= 15 is 0 Å². The van der Waals surface area contributed by atoms with Gasteiger partial charge in [-0.05, 0) is 30.7 Å². The van der Waals surface area contributed by atoms with E-state index in [1.807, 2.05) is 37.4 Å². The zero-order valence-electron chi connectivity index (χ0n) is 8.46. The molecule has 0 fully saturated rings. The minimum absolute atomic E-state index is 0.833. The Hall–Kier alpha value is -2.03. The zero-order chi connectivity index (χ0) is 10.5. The maximum atomic E-state index is 4.26. The Balaban J connectivity index is 2.15. The first-order valence-corrected chi connectivity index (χ1v) is 4.71. The average molecular weight is 197 g/mol. The van der Waals surface area contributed by atoms with Crippen LogP contribution in [0.4, 0.5) is 0 Å². The molecule has 0 saturated heterocycles. The van der Waals surface area contributed by atoms with Crippen LogP contribution in [0.1, 0.15) is 17.0 Å². The molecule has 15 heavy (non-hydrogen) atoms. The SMILES string of the molecule is Cc1ccc(C=Cc2cnccn2)nc1. The van der Waals surface area contributed by atoms with Gasteiger partial charge in [0.1, 0.15) is 0 Å². The second-order valence-electron chi connectivity index (χ2n) is 3.22. The molecule has 0 bridgehead atoms. The first-order valence-electron chi connectivity index (χ1n) is 4.71. The minimum Gasteiger partial charge on any atom is -0.261 e. The third-order valence-electron chi connectivity index (χ3n) is 1.94. The summed E-state index contributed by atoms with van der Waals surface area (Å²) in [7, 11) is 0. The largest absolute Gasteiger partial charge is 0.261 e. The Morgan fingerprint density at radius 3 is 2.47 bits per heavy atom. The topological polar surface area (TPSA) is 38.7 Å².